The van der Waals surface area contributed by atoms with Gasteiger partial charge in [-0.05, 0) is 99.3 Å². The Bertz CT molecular complexity index is 219. The van der Waals surface area contributed by atoms with E-state index in [-0.39, 0.29) is 0 Å². The van der Waals surface area contributed by atoms with E-state index < -0.39 is 0 Å². The Morgan fingerprint density at radius 2 is 0.955 bits per heavy atom. The predicted molar refractivity (Wildman–Crippen MR) is 98.6 cm³/mol. The van der Waals surface area contributed by atoms with Gasteiger partial charge in [0.05, 0.1) is 0 Å². The molecule has 0 aromatic carbocycles. The van der Waals surface area contributed by atoms with E-state index in [2.05, 4.69) is 42.8 Å². The Labute approximate surface area is 140 Å². The second-order valence-electron chi connectivity index (χ2n) is 7.55. The zero-order valence-corrected chi connectivity index (χ0v) is 15.8. The Morgan fingerprint density at radius 3 is 1.18 bits per heavy atom. The summed E-state index contributed by atoms with van der Waals surface area (Å²) in [4.78, 5) is 7.22. The lowest BCUT2D eigenvalue weighted by Crippen LogP contribution is -2.33. The SMILES string of the molecule is CC1CCCCN1C.CN1CCCCC1.CN1CCCCC1. The fraction of sp³-hybridized carbons (Fsp3) is 1.00. The molecule has 3 heterocycles. The third-order valence-electron chi connectivity index (χ3n) is 5.29. The Kier molecular flexibility index (Phi) is 11.2. The van der Waals surface area contributed by atoms with Gasteiger partial charge in [-0.25, -0.2) is 0 Å². The topological polar surface area (TPSA) is 9.72 Å². The summed E-state index contributed by atoms with van der Waals surface area (Å²) in [5, 5.41) is 0. The molecule has 0 spiro atoms. The van der Waals surface area contributed by atoms with Gasteiger partial charge < -0.3 is 14.7 Å². The fourth-order valence-corrected chi connectivity index (χ4v) is 3.35. The van der Waals surface area contributed by atoms with Crippen molar-refractivity contribution in [2.75, 3.05) is 53.9 Å². The molecule has 3 nitrogen and oxygen atoms in total. The molecular formula is C19H41N3. The lowest BCUT2D eigenvalue weighted by Gasteiger charge is -2.29. The number of nitrogens with zero attached hydrogens (tertiary/aromatic N) is 3. The standard InChI is InChI=1S/C7H15N.2C6H13N/c1-7-5-3-4-6-8(7)2;2*1-7-5-3-2-4-6-7/h7H,3-6H2,1-2H3;2*2-6H2,1H3. The number of hydrogen-bond donors (Lipinski definition) is 0. The molecule has 0 saturated carbocycles. The highest BCUT2D eigenvalue weighted by Gasteiger charge is 2.12. The first-order valence-corrected chi connectivity index (χ1v) is 9.67. The van der Waals surface area contributed by atoms with Crippen molar-refractivity contribution < 1.29 is 0 Å². The van der Waals surface area contributed by atoms with Gasteiger partial charge in [0.15, 0.2) is 0 Å². The average Bonchev–Trinajstić information content (AvgIpc) is 2.53. The molecule has 0 radical (unpaired) electrons. The molecule has 3 heteroatoms. The van der Waals surface area contributed by atoms with Gasteiger partial charge in [-0.15, -0.1) is 0 Å². The molecule has 3 aliphatic heterocycles. The Balaban J connectivity index is 0.000000166. The van der Waals surface area contributed by atoms with Gasteiger partial charge in [0.25, 0.3) is 0 Å². The molecule has 3 fully saturated rings. The first-order chi connectivity index (χ1) is 10.6. The summed E-state index contributed by atoms with van der Waals surface area (Å²) < 4.78 is 0. The minimum atomic E-state index is 0.837. The van der Waals surface area contributed by atoms with Crippen LogP contribution >= 0.6 is 0 Å². The molecule has 0 N–H and O–H groups in total. The van der Waals surface area contributed by atoms with Crippen LogP contribution in [0.4, 0.5) is 0 Å². The molecule has 1 unspecified atom stereocenters. The van der Waals surface area contributed by atoms with Crippen LogP contribution < -0.4 is 0 Å². The van der Waals surface area contributed by atoms with Crippen molar-refractivity contribution in [1.82, 2.24) is 14.7 Å². The molecule has 3 aliphatic rings. The molecule has 0 aromatic heterocycles. The smallest absolute Gasteiger partial charge is 0.00638 e. The van der Waals surface area contributed by atoms with Crippen LogP contribution in [0.5, 0.6) is 0 Å². The van der Waals surface area contributed by atoms with Gasteiger partial charge in [-0.3, -0.25) is 0 Å². The summed E-state index contributed by atoms with van der Waals surface area (Å²) in [5.74, 6) is 0. The second-order valence-corrected chi connectivity index (χ2v) is 7.55. The fourth-order valence-electron chi connectivity index (χ4n) is 3.35. The van der Waals surface area contributed by atoms with Crippen molar-refractivity contribution in [2.45, 2.75) is 70.8 Å². The lowest BCUT2D eigenvalue weighted by molar-refractivity contribution is 0.200. The van der Waals surface area contributed by atoms with E-state index in [0.29, 0.717) is 0 Å². The summed E-state index contributed by atoms with van der Waals surface area (Å²) in [6.45, 7) is 8.89. The van der Waals surface area contributed by atoms with Crippen LogP contribution in [-0.2, 0) is 0 Å². The molecule has 0 aliphatic carbocycles. The van der Waals surface area contributed by atoms with Gasteiger partial charge in [0, 0.05) is 6.04 Å². The summed E-state index contributed by atoms with van der Waals surface area (Å²) in [5.41, 5.74) is 0. The summed E-state index contributed by atoms with van der Waals surface area (Å²) in [7, 11) is 6.60. The number of likely N-dealkylation sites (tertiary alicyclic amines) is 3. The highest BCUT2D eigenvalue weighted by Crippen LogP contribution is 2.13. The molecule has 0 aromatic rings. The highest BCUT2D eigenvalue weighted by molar-refractivity contribution is 4.68. The van der Waals surface area contributed by atoms with E-state index >= 15 is 0 Å². The van der Waals surface area contributed by atoms with Crippen LogP contribution in [0, 0.1) is 0 Å². The summed E-state index contributed by atoms with van der Waals surface area (Å²) in [6, 6.07) is 0.837. The molecular weight excluding hydrogens is 270 g/mol. The maximum absolute atomic E-state index is 2.43. The zero-order valence-electron chi connectivity index (χ0n) is 15.8. The third kappa shape index (κ3) is 9.81. The molecule has 22 heavy (non-hydrogen) atoms. The quantitative estimate of drug-likeness (QED) is 0.675. The molecule has 1 atom stereocenters. The van der Waals surface area contributed by atoms with Gasteiger partial charge in [-0.1, -0.05) is 19.3 Å². The minimum absolute atomic E-state index is 0.837. The van der Waals surface area contributed by atoms with Crippen LogP contribution in [-0.4, -0.2) is 74.6 Å². The largest absolute Gasteiger partial charge is 0.306 e. The van der Waals surface area contributed by atoms with Crippen LogP contribution in [0.3, 0.4) is 0 Å². The van der Waals surface area contributed by atoms with E-state index in [0.717, 1.165) is 6.04 Å². The first kappa shape index (κ1) is 19.9. The predicted octanol–water partition coefficient (Wildman–Crippen LogP) is 3.69. The molecule has 0 amide bonds. The van der Waals surface area contributed by atoms with E-state index in [9.17, 15) is 0 Å². The van der Waals surface area contributed by atoms with Gasteiger partial charge in [-0.2, -0.15) is 0 Å². The summed E-state index contributed by atoms with van der Waals surface area (Å²) in [6.07, 6.45) is 12.8. The zero-order chi connectivity index (χ0) is 16.2. The van der Waals surface area contributed by atoms with Gasteiger partial charge in [0.2, 0.25) is 0 Å². The monoisotopic (exact) mass is 311 g/mol. The maximum atomic E-state index is 2.43. The van der Waals surface area contributed by atoms with Crippen molar-refractivity contribution in [2.24, 2.45) is 0 Å². The van der Waals surface area contributed by atoms with Crippen molar-refractivity contribution in [3.63, 3.8) is 0 Å². The Morgan fingerprint density at radius 1 is 0.545 bits per heavy atom. The first-order valence-electron chi connectivity index (χ1n) is 9.67. The number of piperidine rings is 3. The van der Waals surface area contributed by atoms with Crippen LogP contribution in [0.2, 0.25) is 0 Å². The molecule has 3 saturated heterocycles. The van der Waals surface area contributed by atoms with Crippen LogP contribution in [0.15, 0.2) is 0 Å². The number of hydrogen-bond acceptors (Lipinski definition) is 3. The number of rotatable bonds is 0. The molecule has 3 rings (SSSR count). The lowest BCUT2D eigenvalue weighted by atomic mass is 10.1. The van der Waals surface area contributed by atoms with E-state index in [4.69, 9.17) is 0 Å². The van der Waals surface area contributed by atoms with Gasteiger partial charge >= 0.3 is 0 Å². The van der Waals surface area contributed by atoms with Gasteiger partial charge in [0.1, 0.15) is 0 Å². The van der Waals surface area contributed by atoms with E-state index in [1.807, 2.05) is 0 Å². The molecule has 132 valence electrons. The van der Waals surface area contributed by atoms with E-state index in [1.54, 1.807) is 0 Å². The second kappa shape index (κ2) is 12.3. The van der Waals surface area contributed by atoms with Crippen molar-refractivity contribution in [1.29, 1.82) is 0 Å². The van der Waals surface area contributed by atoms with Crippen molar-refractivity contribution >= 4 is 0 Å². The minimum Gasteiger partial charge on any atom is -0.306 e. The normalized spacial score (nSPS) is 28.1. The van der Waals surface area contributed by atoms with Crippen LogP contribution in [0.25, 0.3) is 0 Å². The van der Waals surface area contributed by atoms with Crippen molar-refractivity contribution in [3.05, 3.63) is 0 Å². The van der Waals surface area contributed by atoms with E-state index in [1.165, 1.54) is 90.5 Å². The third-order valence-corrected chi connectivity index (χ3v) is 5.29. The maximum Gasteiger partial charge on any atom is 0.00638 e. The van der Waals surface area contributed by atoms with Crippen LogP contribution in [0.1, 0.15) is 64.7 Å². The highest BCUT2D eigenvalue weighted by atomic mass is 15.1. The Hall–Kier alpha value is -0.120. The summed E-state index contributed by atoms with van der Waals surface area (Å²) >= 11 is 0. The van der Waals surface area contributed by atoms with Crippen molar-refractivity contribution in [3.8, 4) is 0 Å². The molecule has 0 bridgehead atoms. The average molecular weight is 312 g/mol.